The number of aryl methyl sites for hydroxylation is 1. The number of rotatable bonds is 9. The maximum Gasteiger partial charge on any atom is 0.328 e. The summed E-state index contributed by atoms with van der Waals surface area (Å²) in [6.45, 7) is 2.50. The molecular formula is C25H27N7O3. The molecule has 4 aromatic rings. The number of carbonyl (C=O) groups is 1. The van der Waals surface area contributed by atoms with E-state index in [1.54, 1.807) is 15.3 Å². The fourth-order valence-corrected chi connectivity index (χ4v) is 4.65. The molecule has 1 aromatic carbocycles. The van der Waals surface area contributed by atoms with E-state index < -0.39 is 11.9 Å². The van der Waals surface area contributed by atoms with Gasteiger partial charge in [0, 0.05) is 29.2 Å². The van der Waals surface area contributed by atoms with Gasteiger partial charge in [0.2, 0.25) is 5.82 Å². The van der Waals surface area contributed by atoms with Crippen LogP contribution in [0.1, 0.15) is 49.9 Å². The van der Waals surface area contributed by atoms with Gasteiger partial charge in [-0.05, 0) is 42.5 Å². The standard InChI is InChI=1S/C25H27N7O3/c1-2-3-6-17-15-32(22-12-10-20(22)24(33)34)25(35)31(17)14-16-9-11-21(26-13-16)18-7-4-5-8-19(18)23-27-29-30-28-23/h4-5,7-9,11,13,15,20,22H,2-3,6,10,12,14H2,1H3,(H,33,34)(H,27,28,29,30). The van der Waals surface area contributed by atoms with Crippen molar-refractivity contribution < 1.29 is 9.90 Å². The number of aromatic nitrogens is 7. The van der Waals surface area contributed by atoms with Gasteiger partial charge >= 0.3 is 11.7 Å². The highest BCUT2D eigenvalue weighted by Gasteiger charge is 2.39. The third kappa shape index (κ3) is 4.39. The zero-order valence-electron chi connectivity index (χ0n) is 19.5. The predicted octanol–water partition coefficient (Wildman–Crippen LogP) is 3.32. The molecule has 2 N–H and O–H groups in total. The molecule has 1 saturated carbocycles. The number of unbranched alkanes of at least 4 members (excludes halogenated alkanes) is 1. The van der Waals surface area contributed by atoms with Crippen molar-refractivity contribution in [3.8, 4) is 22.6 Å². The topological polar surface area (TPSA) is 132 Å². The number of aliphatic carboxylic acids is 1. The smallest absolute Gasteiger partial charge is 0.328 e. The molecule has 1 aliphatic rings. The van der Waals surface area contributed by atoms with E-state index >= 15 is 0 Å². The molecule has 10 heteroatoms. The maximum atomic E-state index is 13.3. The molecule has 1 aliphatic carbocycles. The van der Waals surface area contributed by atoms with Crippen LogP contribution in [-0.2, 0) is 17.8 Å². The molecule has 35 heavy (non-hydrogen) atoms. The Hall–Kier alpha value is -4.08. The van der Waals surface area contributed by atoms with E-state index in [1.807, 2.05) is 42.6 Å². The highest BCUT2D eigenvalue weighted by molar-refractivity contribution is 5.78. The number of benzene rings is 1. The Labute approximate surface area is 201 Å². The number of pyridine rings is 1. The number of tetrazole rings is 1. The van der Waals surface area contributed by atoms with Crippen molar-refractivity contribution in [3.05, 3.63) is 70.5 Å². The van der Waals surface area contributed by atoms with Gasteiger partial charge in [-0.2, -0.15) is 5.21 Å². The number of nitrogens with one attached hydrogen (secondary N) is 1. The highest BCUT2D eigenvalue weighted by Crippen LogP contribution is 2.38. The van der Waals surface area contributed by atoms with E-state index in [1.165, 1.54) is 0 Å². The summed E-state index contributed by atoms with van der Waals surface area (Å²) in [7, 11) is 0. The highest BCUT2D eigenvalue weighted by atomic mass is 16.4. The lowest BCUT2D eigenvalue weighted by molar-refractivity contribution is -0.147. The fourth-order valence-electron chi connectivity index (χ4n) is 4.65. The van der Waals surface area contributed by atoms with Crippen LogP contribution in [0.25, 0.3) is 22.6 Å². The van der Waals surface area contributed by atoms with Gasteiger partial charge in [0.05, 0.1) is 24.2 Å². The first kappa shape index (κ1) is 22.7. The first-order valence-electron chi connectivity index (χ1n) is 11.9. The number of aromatic amines is 1. The number of carboxylic acid groups (broad SMARTS) is 1. The second-order valence-electron chi connectivity index (χ2n) is 8.92. The van der Waals surface area contributed by atoms with Gasteiger partial charge in [0.1, 0.15) is 0 Å². The van der Waals surface area contributed by atoms with Gasteiger partial charge < -0.3 is 5.11 Å². The quantitative estimate of drug-likeness (QED) is 0.381. The van der Waals surface area contributed by atoms with Crippen LogP contribution < -0.4 is 5.69 Å². The van der Waals surface area contributed by atoms with E-state index in [-0.39, 0.29) is 11.7 Å². The SMILES string of the molecule is CCCCc1cn(C2CCC2C(=O)O)c(=O)n1Cc1ccc(-c2ccccc2-c2nn[nH]n2)nc1. The van der Waals surface area contributed by atoms with E-state index in [2.05, 4.69) is 32.5 Å². The summed E-state index contributed by atoms with van der Waals surface area (Å²) in [6.07, 6.45) is 7.70. The van der Waals surface area contributed by atoms with E-state index in [0.717, 1.165) is 47.3 Å². The van der Waals surface area contributed by atoms with Crippen LogP contribution in [0.2, 0.25) is 0 Å². The molecule has 0 aliphatic heterocycles. The minimum atomic E-state index is -0.836. The van der Waals surface area contributed by atoms with Gasteiger partial charge in [0.15, 0.2) is 0 Å². The summed E-state index contributed by atoms with van der Waals surface area (Å²) in [4.78, 5) is 29.5. The predicted molar refractivity (Wildman–Crippen MR) is 129 cm³/mol. The van der Waals surface area contributed by atoms with E-state index in [0.29, 0.717) is 25.2 Å². The van der Waals surface area contributed by atoms with Crippen LogP contribution in [0.4, 0.5) is 0 Å². The van der Waals surface area contributed by atoms with Crippen LogP contribution >= 0.6 is 0 Å². The van der Waals surface area contributed by atoms with Crippen molar-refractivity contribution in [3.63, 3.8) is 0 Å². The molecule has 10 nitrogen and oxygen atoms in total. The van der Waals surface area contributed by atoms with E-state index in [9.17, 15) is 14.7 Å². The van der Waals surface area contributed by atoms with Gasteiger partial charge in [-0.25, -0.2) is 4.79 Å². The Balaban J connectivity index is 1.43. The molecule has 1 fully saturated rings. The summed E-state index contributed by atoms with van der Waals surface area (Å²) < 4.78 is 3.40. The lowest BCUT2D eigenvalue weighted by Crippen LogP contribution is -2.40. The molecule has 0 saturated heterocycles. The van der Waals surface area contributed by atoms with Crippen LogP contribution in [0.5, 0.6) is 0 Å². The van der Waals surface area contributed by atoms with Gasteiger partial charge in [-0.15, -0.1) is 10.2 Å². The van der Waals surface area contributed by atoms with Crippen molar-refractivity contribution >= 4 is 5.97 Å². The Morgan fingerprint density at radius 1 is 1.17 bits per heavy atom. The number of H-pyrrole nitrogens is 1. The molecule has 5 rings (SSSR count). The monoisotopic (exact) mass is 473 g/mol. The van der Waals surface area contributed by atoms with Crippen LogP contribution in [-0.4, -0.2) is 45.8 Å². The van der Waals surface area contributed by atoms with Crippen LogP contribution in [0.15, 0.2) is 53.6 Å². The second-order valence-corrected chi connectivity index (χ2v) is 8.92. The summed E-state index contributed by atoms with van der Waals surface area (Å²) in [5.41, 5.74) is 4.15. The molecule has 3 aromatic heterocycles. The lowest BCUT2D eigenvalue weighted by atomic mass is 9.79. The average Bonchev–Trinajstić information content (AvgIpc) is 3.47. The summed E-state index contributed by atoms with van der Waals surface area (Å²) >= 11 is 0. The van der Waals surface area contributed by atoms with Gasteiger partial charge in [0.25, 0.3) is 0 Å². The molecule has 180 valence electrons. The van der Waals surface area contributed by atoms with Crippen molar-refractivity contribution in [2.75, 3.05) is 0 Å². The fraction of sp³-hybridized carbons (Fsp3) is 0.360. The number of nitrogens with zero attached hydrogens (tertiary/aromatic N) is 6. The summed E-state index contributed by atoms with van der Waals surface area (Å²) in [6, 6.07) is 11.3. The summed E-state index contributed by atoms with van der Waals surface area (Å²) in [5, 5.41) is 23.8. The lowest BCUT2D eigenvalue weighted by Gasteiger charge is -2.33. The zero-order valence-corrected chi connectivity index (χ0v) is 19.5. The number of imidazole rings is 1. The van der Waals surface area contributed by atoms with Crippen LogP contribution in [0.3, 0.4) is 0 Å². The maximum absolute atomic E-state index is 13.3. The minimum Gasteiger partial charge on any atom is -0.481 e. The Morgan fingerprint density at radius 3 is 2.63 bits per heavy atom. The molecule has 0 amide bonds. The Kier molecular flexibility index (Phi) is 6.26. The minimum absolute atomic E-state index is 0.154. The summed E-state index contributed by atoms with van der Waals surface area (Å²) in [5.74, 6) is -0.838. The Bertz CT molecular complexity index is 1370. The molecule has 0 bridgehead atoms. The molecule has 3 heterocycles. The third-order valence-corrected chi connectivity index (χ3v) is 6.74. The van der Waals surface area contributed by atoms with Crippen molar-refractivity contribution in [1.82, 2.24) is 34.7 Å². The van der Waals surface area contributed by atoms with Gasteiger partial charge in [-0.1, -0.05) is 43.7 Å². The molecule has 0 spiro atoms. The second kappa shape index (κ2) is 9.65. The van der Waals surface area contributed by atoms with Crippen LogP contribution in [0, 0.1) is 5.92 Å². The first-order chi connectivity index (χ1) is 17.1. The zero-order chi connectivity index (χ0) is 24.4. The first-order valence-corrected chi connectivity index (χ1v) is 11.9. The van der Waals surface area contributed by atoms with Crippen molar-refractivity contribution in [1.29, 1.82) is 0 Å². The number of hydrogen-bond acceptors (Lipinski definition) is 6. The van der Waals surface area contributed by atoms with Crippen molar-refractivity contribution in [2.45, 2.75) is 51.6 Å². The molecule has 0 radical (unpaired) electrons. The normalized spacial score (nSPS) is 17.3. The largest absolute Gasteiger partial charge is 0.481 e. The van der Waals surface area contributed by atoms with E-state index in [4.69, 9.17) is 0 Å². The molecule has 2 atom stereocenters. The average molecular weight is 474 g/mol. The number of carboxylic acids is 1. The van der Waals surface area contributed by atoms with Gasteiger partial charge in [-0.3, -0.25) is 18.9 Å². The Morgan fingerprint density at radius 2 is 2.00 bits per heavy atom. The third-order valence-electron chi connectivity index (χ3n) is 6.74. The van der Waals surface area contributed by atoms with Crippen molar-refractivity contribution in [2.24, 2.45) is 5.92 Å². The molecule has 2 unspecified atom stereocenters. The number of hydrogen-bond donors (Lipinski definition) is 2. The molecular weight excluding hydrogens is 446 g/mol.